The van der Waals surface area contributed by atoms with Crippen LogP contribution in [0.2, 0.25) is 0 Å². The zero-order valence-corrected chi connectivity index (χ0v) is 8.36. The van der Waals surface area contributed by atoms with Gasteiger partial charge >= 0.3 is 5.97 Å². The van der Waals surface area contributed by atoms with Gasteiger partial charge < -0.3 is 9.84 Å². The van der Waals surface area contributed by atoms with Gasteiger partial charge in [-0.05, 0) is 23.6 Å². The van der Waals surface area contributed by atoms with Gasteiger partial charge in [0.1, 0.15) is 5.75 Å². The van der Waals surface area contributed by atoms with Crippen molar-refractivity contribution in [3.05, 3.63) is 29.8 Å². The molecular formula is C11H14O3. The third kappa shape index (κ3) is 2.76. The van der Waals surface area contributed by atoms with Gasteiger partial charge in [0.25, 0.3) is 0 Å². The molecule has 0 saturated heterocycles. The Labute approximate surface area is 83.3 Å². The highest BCUT2D eigenvalue weighted by Crippen LogP contribution is 2.21. The number of benzene rings is 1. The number of hydrogen-bond donors (Lipinski definition) is 1. The summed E-state index contributed by atoms with van der Waals surface area (Å²) in [5.74, 6) is 0.0583. The second kappa shape index (κ2) is 4.65. The molecule has 0 fully saturated rings. The molecule has 76 valence electrons. The van der Waals surface area contributed by atoms with Gasteiger partial charge in [-0.15, -0.1) is 0 Å². The number of carboxylic acids is 1. The lowest BCUT2D eigenvalue weighted by Gasteiger charge is -2.09. The zero-order valence-electron chi connectivity index (χ0n) is 8.36. The molecule has 3 heteroatoms. The molecule has 1 rings (SSSR count). The summed E-state index contributed by atoms with van der Waals surface area (Å²) in [7, 11) is 1.61. The van der Waals surface area contributed by atoms with E-state index in [1.54, 1.807) is 7.11 Å². The maximum absolute atomic E-state index is 10.5. The summed E-state index contributed by atoms with van der Waals surface area (Å²) < 4.78 is 5.01. The Kier molecular flexibility index (Phi) is 3.51. The number of methoxy groups -OCH3 is 1. The summed E-state index contributed by atoms with van der Waals surface area (Å²) in [6, 6.07) is 7.47. The van der Waals surface area contributed by atoms with Crippen LogP contribution in [0.15, 0.2) is 24.3 Å². The minimum atomic E-state index is -0.770. The fraction of sp³-hybridized carbons (Fsp3) is 0.364. The van der Waals surface area contributed by atoms with Crippen molar-refractivity contribution in [3.63, 3.8) is 0 Å². The van der Waals surface area contributed by atoms with Crippen LogP contribution in [-0.2, 0) is 4.79 Å². The van der Waals surface area contributed by atoms with Crippen LogP contribution in [-0.4, -0.2) is 18.2 Å². The van der Waals surface area contributed by atoms with Crippen LogP contribution >= 0.6 is 0 Å². The highest BCUT2D eigenvalue weighted by atomic mass is 16.5. The molecule has 0 heterocycles. The lowest BCUT2D eigenvalue weighted by Crippen LogP contribution is -2.02. The fourth-order valence-electron chi connectivity index (χ4n) is 1.31. The first-order chi connectivity index (χ1) is 6.63. The molecule has 0 spiro atoms. The van der Waals surface area contributed by atoms with Gasteiger partial charge in [-0.25, -0.2) is 0 Å². The number of ether oxygens (including phenoxy) is 1. The lowest BCUT2D eigenvalue weighted by atomic mass is 9.98. The topological polar surface area (TPSA) is 46.5 Å². The molecule has 0 aliphatic carbocycles. The molecule has 0 aromatic heterocycles. The van der Waals surface area contributed by atoms with Gasteiger partial charge in [0.05, 0.1) is 13.5 Å². The normalized spacial score (nSPS) is 12.1. The number of aliphatic carboxylic acids is 1. The summed E-state index contributed by atoms with van der Waals surface area (Å²) in [6.45, 7) is 1.90. The van der Waals surface area contributed by atoms with Crippen LogP contribution in [0.3, 0.4) is 0 Å². The van der Waals surface area contributed by atoms with Crippen molar-refractivity contribution in [2.24, 2.45) is 0 Å². The van der Waals surface area contributed by atoms with Gasteiger partial charge in [0.15, 0.2) is 0 Å². The van der Waals surface area contributed by atoms with Crippen molar-refractivity contribution in [1.29, 1.82) is 0 Å². The molecule has 3 nitrogen and oxygen atoms in total. The Morgan fingerprint density at radius 1 is 1.43 bits per heavy atom. The van der Waals surface area contributed by atoms with Crippen molar-refractivity contribution in [2.45, 2.75) is 19.3 Å². The SMILES string of the molecule is COc1ccc(C(C)CC(=O)O)cc1. The predicted molar refractivity (Wildman–Crippen MR) is 53.7 cm³/mol. The first-order valence-electron chi connectivity index (χ1n) is 4.49. The molecule has 0 aliphatic heterocycles. The molecule has 14 heavy (non-hydrogen) atoms. The van der Waals surface area contributed by atoms with E-state index < -0.39 is 5.97 Å². The quantitative estimate of drug-likeness (QED) is 0.799. The van der Waals surface area contributed by atoms with Gasteiger partial charge in [0.2, 0.25) is 0 Å². The predicted octanol–water partition coefficient (Wildman–Crippen LogP) is 2.27. The monoisotopic (exact) mass is 194 g/mol. The Bertz CT molecular complexity index is 303. The third-order valence-corrected chi connectivity index (χ3v) is 2.17. The van der Waals surface area contributed by atoms with Gasteiger partial charge in [-0.3, -0.25) is 4.79 Å². The second-order valence-corrected chi connectivity index (χ2v) is 3.27. The third-order valence-electron chi connectivity index (χ3n) is 2.17. The number of hydrogen-bond acceptors (Lipinski definition) is 2. The fourth-order valence-corrected chi connectivity index (χ4v) is 1.31. The maximum atomic E-state index is 10.5. The Hall–Kier alpha value is -1.51. The molecule has 1 unspecified atom stereocenters. The molecular weight excluding hydrogens is 180 g/mol. The van der Waals surface area contributed by atoms with Crippen LogP contribution in [0.5, 0.6) is 5.75 Å². The Morgan fingerprint density at radius 3 is 2.43 bits per heavy atom. The van der Waals surface area contributed by atoms with E-state index in [4.69, 9.17) is 9.84 Å². The number of rotatable bonds is 4. The summed E-state index contributed by atoms with van der Waals surface area (Å²) in [6.07, 6.45) is 0.159. The molecule has 1 aromatic rings. The first kappa shape index (κ1) is 10.6. The molecule has 1 N–H and O–H groups in total. The summed E-state index contributed by atoms with van der Waals surface area (Å²) in [5.41, 5.74) is 1.02. The van der Waals surface area contributed by atoms with Crippen LogP contribution in [0.25, 0.3) is 0 Å². The van der Waals surface area contributed by atoms with Crippen molar-refractivity contribution in [3.8, 4) is 5.75 Å². The lowest BCUT2D eigenvalue weighted by molar-refractivity contribution is -0.137. The van der Waals surface area contributed by atoms with Crippen LogP contribution in [0.4, 0.5) is 0 Å². The van der Waals surface area contributed by atoms with Gasteiger partial charge in [-0.1, -0.05) is 19.1 Å². The smallest absolute Gasteiger partial charge is 0.303 e. The van der Waals surface area contributed by atoms with E-state index >= 15 is 0 Å². The average molecular weight is 194 g/mol. The van der Waals surface area contributed by atoms with Crippen molar-refractivity contribution in [1.82, 2.24) is 0 Å². The largest absolute Gasteiger partial charge is 0.497 e. The minimum absolute atomic E-state index is 0.0402. The minimum Gasteiger partial charge on any atom is -0.497 e. The van der Waals surface area contributed by atoms with E-state index in [2.05, 4.69) is 0 Å². The molecule has 1 aromatic carbocycles. The highest BCUT2D eigenvalue weighted by molar-refractivity contribution is 5.67. The molecule has 0 bridgehead atoms. The Balaban J connectivity index is 2.71. The molecule has 0 saturated carbocycles. The molecule has 0 amide bonds. The average Bonchev–Trinajstić information content (AvgIpc) is 2.17. The number of carbonyl (C=O) groups is 1. The van der Waals surface area contributed by atoms with Crippen molar-refractivity contribution < 1.29 is 14.6 Å². The van der Waals surface area contributed by atoms with Crippen LogP contribution < -0.4 is 4.74 Å². The van der Waals surface area contributed by atoms with Gasteiger partial charge in [-0.2, -0.15) is 0 Å². The van der Waals surface area contributed by atoms with E-state index in [-0.39, 0.29) is 12.3 Å². The standard InChI is InChI=1S/C11H14O3/c1-8(7-11(12)13)9-3-5-10(14-2)6-4-9/h3-6,8H,7H2,1-2H3,(H,12,13). The maximum Gasteiger partial charge on any atom is 0.303 e. The Morgan fingerprint density at radius 2 is 2.00 bits per heavy atom. The van der Waals surface area contributed by atoms with Gasteiger partial charge in [0, 0.05) is 0 Å². The molecule has 0 radical (unpaired) electrons. The molecule has 0 aliphatic rings. The highest BCUT2D eigenvalue weighted by Gasteiger charge is 2.09. The second-order valence-electron chi connectivity index (χ2n) is 3.27. The summed E-state index contributed by atoms with van der Waals surface area (Å²) >= 11 is 0. The zero-order chi connectivity index (χ0) is 10.6. The van der Waals surface area contributed by atoms with Crippen LogP contribution in [0.1, 0.15) is 24.8 Å². The van der Waals surface area contributed by atoms with Crippen LogP contribution in [0, 0.1) is 0 Å². The molecule has 1 atom stereocenters. The first-order valence-corrected chi connectivity index (χ1v) is 4.49. The summed E-state index contributed by atoms with van der Waals surface area (Å²) in [5, 5.41) is 8.62. The number of carboxylic acid groups (broad SMARTS) is 1. The van der Waals surface area contributed by atoms with E-state index in [0.717, 1.165) is 11.3 Å². The van der Waals surface area contributed by atoms with Crippen molar-refractivity contribution >= 4 is 5.97 Å². The van der Waals surface area contributed by atoms with E-state index in [0.29, 0.717) is 0 Å². The van der Waals surface area contributed by atoms with E-state index in [1.165, 1.54) is 0 Å². The van der Waals surface area contributed by atoms with E-state index in [1.807, 2.05) is 31.2 Å². The summed E-state index contributed by atoms with van der Waals surface area (Å²) in [4.78, 5) is 10.5. The van der Waals surface area contributed by atoms with Crippen molar-refractivity contribution in [2.75, 3.05) is 7.11 Å². The van der Waals surface area contributed by atoms with E-state index in [9.17, 15) is 4.79 Å².